The van der Waals surface area contributed by atoms with E-state index in [1.807, 2.05) is 0 Å². The van der Waals surface area contributed by atoms with Gasteiger partial charge >= 0.3 is 12.1 Å². The second-order valence-electron chi connectivity index (χ2n) is 2.94. The van der Waals surface area contributed by atoms with Crippen molar-refractivity contribution >= 4 is 12.1 Å². The molecule has 0 atom stereocenters. The predicted octanol–water partition coefficient (Wildman–Crippen LogP) is 1.89. The molecule has 80 valence electrons. The molecule has 0 radical (unpaired) electrons. The average molecular weight is 202 g/mol. The molecule has 0 bridgehead atoms. The Labute approximate surface area is 82.3 Å². The summed E-state index contributed by atoms with van der Waals surface area (Å²) in [7, 11) is 0. The van der Waals surface area contributed by atoms with Gasteiger partial charge in [0, 0.05) is 6.92 Å². The van der Waals surface area contributed by atoms with Crippen LogP contribution in [0, 0.1) is 0 Å². The maximum absolute atomic E-state index is 10.8. The number of ether oxygens (including phenoxy) is 2. The lowest BCUT2D eigenvalue weighted by Crippen LogP contribution is -2.24. The Bertz CT molecular complexity index is 248. The molecule has 0 rings (SSSR count). The van der Waals surface area contributed by atoms with E-state index in [-0.39, 0.29) is 6.61 Å². The molecule has 6 nitrogen and oxygen atoms in total. The van der Waals surface area contributed by atoms with E-state index >= 15 is 0 Å². The lowest BCUT2D eigenvalue weighted by Gasteiger charge is -2.16. The Morgan fingerprint density at radius 3 is 2.36 bits per heavy atom. The first-order valence-electron chi connectivity index (χ1n) is 4.16. The number of carbonyl (C=O) groups excluding carboxylic acids is 2. The van der Waals surface area contributed by atoms with Crippen LogP contribution in [-0.2, 0) is 14.3 Å². The average Bonchev–Trinajstić information content (AvgIpc) is 1.99. The molecule has 6 heteroatoms. The normalized spacial score (nSPS) is 11.4. The minimum atomic E-state index is -1.14. The van der Waals surface area contributed by atoms with E-state index < -0.39 is 17.8 Å². The predicted molar refractivity (Wildman–Crippen MR) is 47.7 cm³/mol. The first kappa shape index (κ1) is 12.5. The van der Waals surface area contributed by atoms with Gasteiger partial charge in [0.1, 0.15) is 0 Å². The number of hydrogen-bond donors (Lipinski definition) is 0. The summed E-state index contributed by atoms with van der Waals surface area (Å²) in [4.78, 5) is 21.3. The second kappa shape index (κ2) is 5.31. The Morgan fingerprint density at radius 1 is 1.36 bits per heavy atom. The van der Waals surface area contributed by atoms with Crippen molar-refractivity contribution in [1.29, 1.82) is 0 Å². The number of carbonyl (C=O) groups is 2. The molecular weight excluding hydrogens is 188 g/mol. The number of azo groups is 1. The van der Waals surface area contributed by atoms with Crippen molar-refractivity contribution < 1.29 is 19.1 Å². The first-order chi connectivity index (χ1) is 6.37. The Hall–Kier alpha value is -1.46. The van der Waals surface area contributed by atoms with Gasteiger partial charge in [0.05, 0.1) is 6.61 Å². The molecule has 0 aliphatic heterocycles. The lowest BCUT2D eigenvalue weighted by molar-refractivity contribution is -0.153. The van der Waals surface area contributed by atoms with Crippen LogP contribution < -0.4 is 0 Å². The summed E-state index contributed by atoms with van der Waals surface area (Å²) >= 11 is 0. The van der Waals surface area contributed by atoms with E-state index in [0.717, 1.165) is 0 Å². The maximum atomic E-state index is 10.8. The van der Waals surface area contributed by atoms with Crippen LogP contribution >= 0.6 is 0 Å². The minimum Gasteiger partial charge on any atom is -0.447 e. The van der Waals surface area contributed by atoms with Gasteiger partial charge in [-0.2, -0.15) is 0 Å². The molecule has 0 aliphatic rings. The second-order valence-corrected chi connectivity index (χ2v) is 2.94. The van der Waals surface area contributed by atoms with Crippen molar-refractivity contribution in [1.82, 2.24) is 0 Å². The molecule has 0 aliphatic carbocycles. The van der Waals surface area contributed by atoms with Gasteiger partial charge in [-0.3, -0.25) is 4.79 Å². The third-order valence-corrected chi connectivity index (χ3v) is 1.03. The summed E-state index contributed by atoms with van der Waals surface area (Å²) in [6, 6.07) is 0. The monoisotopic (exact) mass is 202 g/mol. The Balaban J connectivity index is 4.19. The topological polar surface area (TPSA) is 77.3 Å². The molecule has 0 aromatic heterocycles. The highest BCUT2D eigenvalue weighted by molar-refractivity contribution is 5.67. The smallest absolute Gasteiger partial charge is 0.447 e. The molecular formula is C8H14N2O4. The van der Waals surface area contributed by atoms with Gasteiger partial charge < -0.3 is 9.47 Å². The van der Waals surface area contributed by atoms with E-state index in [4.69, 9.17) is 4.74 Å². The molecule has 0 spiro atoms. The van der Waals surface area contributed by atoms with Crippen molar-refractivity contribution in [3.05, 3.63) is 0 Å². The van der Waals surface area contributed by atoms with Crippen LogP contribution in [0.25, 0.3) is 0 Å². The highest BCUT2D eigenvalue weighted by Gasteiger charge is 2.20. The Morgan fingerprint density at radius 2 is 1.93 bits per heavy atom. The van der Waals surface area contributed by atoms with Crippen molar-refractivity contribution in [3.63, 3.8) is 0 Å². The zero-order valence-electron chi connectivity index (χ0n) is 8.73. The van der Waals surface area contributed by atoms with E-state index in [1.165, 1.54) is 20.8 Å². The standard InChI is InChI=1S/C8H14N2O4/c1-5-13-7(12)9-10-8(3,4)14-6(2)11/h5H2,1-4H3. The SMILES string of the molecule is CCOC(=O)N=NC(C)(C)OC(C)=O. The molecule has 0 unspecified atom stereocenters. The van der Waals surface area contributed by atoms with Gasteiger partial charge in [0.15, 0.2) is 0 Å². The summed E-state index contributed by atoms with van der Waals surface area (Å²) in [5, 5.41) is 6.75. The van der Waals surface area contributed by atoms with Crippen molar-refractivity contribution in [2.75, 3.05) is 6.61 Å². The van der Waals surface area contributed by atoms with Crippen molar-refractivity contribution in [2.45, 2.75) is 33.4 Å². The van der Waals surface area contributed by atoms with Gasteiger partial charge in [-0.25, -0.2) is 4.79 Å². The molecule has 0 heterocycles. The first-order valence-corrected chi connectivity index (χ1v) is 4.16. The largest absolute Gasteiger partial charge is 0.452 e. The molecule has 0 saturated carbocycles. The van der Waals surface area contributed by atoms with E-state index in [0.29, 0.717) is 0 Å². The van der Waals surface area contributed by atoms with Crippen LogP contribution in [0.15, 0.2) is 10.2 Å². The van der Waals surface area contributed by atoms with E-state index in [9.17, 15) is 9.59 Å². The number of amides is 1. The molecule has 0 aromatic rings. The van der Waals surface area contributed by atoms with E-state index in [2.05, 4.69) is 15.0 Å². The third kappa shape index (κ3) is 6.10. The van der Waals surface area contributed by atoms with E-state index in [1.54, 1.807) is 6.92 Å². The third-order valence-electron chi connectivity index (χ3n) is 1.03. The number of hydrogen-bond acceptors (Lipinski definition) is 5. The van der Waals surface area contributed by atoms with Gasteiger partial charge in [0.2, 0.25) is 5.72 Å². The summed E-state index contributed by atoms with van der Waals surface area (Å²) in [5.74, 6) is -0.488. The van der Waals surface area contributed by atoms with Crippen LogP contribution in [0.4, 0.5) is 4.79 Å². The summed E-state index contributed by atoms with van der Waals surface area (Å²) in [6.45, 7) is 6.16. The van der Waals surface area contributed by atoms with Crippen molar-refractivity contribution in [3.8, 4) is 0 Å². The molecule has 0 aromatic carbocycles. The fourth-order valence-electron chi connectivity index (χ4n) is 0.686. The summed E-state index contributed by atoms with van der Waals surface area (Å²) < 4.78 is 9.26. The van der Waals surface area contributed by atoms with Crippen molar-refractivity contribution in [2.24, 2.45) is 10.2 Å². The van der Waals surface area contributed by atoms with Gasteiger partial charge in [-0.1, -0.05) is 5.11 Å². The van der Waals surface area contributed by atoms with Crippen LogP contribution in [0.5, 0.6) is 0 Å². The molecule has 0 fully saturated rings. The molecule has 14 heavy (non-hydrogen) atoms. The Kier molecular flexibility index (Phi) is 4.76. The summed E-state index contributed by atoms with van der Waals surface area (Å²) in [6.07, 6.45) is -0.798. The van der Waals surface area contributed by atoms with Gasteiger partial charge in [-0.05, 0) is 20.8 Å². The van der Waals surface area contributed by atoms with Crippen LogP contribution in [0.2, 0.25) is 0 Å². The van der Waals surface area contributed by atoms with Crippen LogP contribution in [0.3, 0.4) is 0 Å². The quantitative estimate of drug-likeness (QED) is 0.517. The van der Waals surface area contributed by atoms with Gasteiger partial charge in [0.25, 0.3) is 0 Å². The highest BCUT2D eigenvalue weighted by atomic mass is 16.6. The minimum absolute atomic E-state index is 0.228. The number of rotatable bonds is 3. The summed E-state index contributed by atoms with van der Waals surface area (Å²) in [5.41, 5.74) is -1.14. The lowest BCUT2D eigenvalue weighted by atomic mass is 10.3. The molecule has 0 N–H and O–H groups in total. The van der Waals surface area contributed by atoms with Crippen LogP contribution in [-0.4, -0.2) is 24.4 Å². The molecule has 0 saturated heterocycles. The molecule has 1 amide bonds. The fraction of sp³-hybridized carbons (Fsp3) is 0.750. The number of esters is 1. The maximum Gasteiger partial charge on any atom is 0.452 e. The van der Waals surface area contributed by atoms with Crippen LogP contribution in [0.1, 0.15) is 27.7 Å². The highest BCUT2D eigenvalue weighted by Crippen LogP contribution is 2.11. The fourth-order valence-corrected chi connectivity index (χ4v) is 0.686. The zero-order chi connectivity index (χ0) is 11.2. The van der Waals surface area contributed by atoms with Gasteiger partial charge in [-0.15, -0.1) is 5.11 Å². The number of nitrogens with zero attached hydrogens (tertiary/aromatic N) is 2. The zero-order valence-corrected chi connectivity index (χ0v) is 8.73.